The molecule has 1 fully saturated rings. The number of aliphatic hydroxyl groups excluding tert-OH is 4. The number of aliphatic hydroxyl groups is 4. The summed E-state index contributed by atoms with van der Waals surface area (Å²) in [6, 6.07) is 0.786. The zero-order chi connectivity index (χ0) is 64.2. The smallest absolute Gasteiger partial charge is 0.188 e. The van der Waals surface area contributed by atoms with Crippen LogP contribution in [0.1, 0.15) is 363 Å². The molecule has 88 heavy (non-hydrogen) atoms. The molecule has 1 aliphatic heterocycles. The minimum atomic E-state index is -0.373. The predicted molar refractivity (Wildman–Crippen MR) is 387 cm³/mol. The molecule has 0 amide bonds. The van der Waals surface area contributed by atoms with Crippen LogP contribution in [0.3, 0.4) is 0 Å². The Balaban J connectivity index is 2.48. The van der Waals surface area contributed by atoms with Crippen LogP contribution >= 0.6 is 23.5 Å². The Hall–Kier alpha value is -0.280. The van der Waals surface area contributed by atoms with E-state index < -0.39 is 0 Å². The number of hydrogen-bond donors (Lipinski definition) is 4. The number of rotatable bonds is 68. The van der Waals surface area contributed by atoms with Gasteiger partial charge < -0.3 is 20.4 Å². The van der Waals surface area contributed by atoms with E-state index in [1.807, 2.05) is 0 Å². The van der Waals surface area contributed by atoms with Gasteiger partial charge in [0, 0.05) is 88.8 Å². The summed E-state index contributed by atoms with van der Waals surface area (Å²) in [5.74, 6) is 1.61. The van der Waals surface area contributed by atoms with Gasteiger partial charge in [0.05, 0.1) is 24.4 Å². The van der Waals surface area contributed by atoms with Crippen molar-refractivity contribution in [3.05, 3.63) is 0 Å². The van der Waals surface area contributed by atoms with E-state index in [9.17, 15) is 30.0 Å². The van der Waals surface area contributed by atoms with E-state index in [0.29, 0.717) is 51.1 Å². The fourth-order valence-electron chi connectivity index (χ4n) is 13.3. The third-order valence-electron chi connectivity index (χ3n) is 19.2. The molecule has 0 spiro atoms. The van der Waals surface area contributed by atoms with Crippen molar-refractivity contribution in [3.8, 4) is 0 Å². The van der Waals surface area contributed by atoms with Crippen molar-refractivity contribution < 1.29 is 30.0 Å². The van der Waals surface area contributed by atoms with Gasteiger partial charge in [-0.25, -0.2) is 0 Å². The van der Waals surface area contributed by atoms with Crippen molar-refractivity contribution in [2.45, 2.75) is 399 Å². The first-order chi connectivity index (χ1) is 42.9. The molecule has 10 nitrogen and oxygen atoms in total. The molecule has 0 aromatic carbocycles. The van der Waals surface area contributed by atoms with Crippen molar-refractivity contribution in [2.24, 2.45) is 0 Å². The molecule has 0 aromatic heterocycles. The van der Waals surface area contributed by atoms with E-state index in [-0.39, 0.29) is 34.6 Å². The molecule has 6 atom stereocenters. The average Bonchev–Trinajstić information content (AvgIpc) is 2.40. The minimum Gasteiger partial charge on any atom is -0.392 e. The van der Waals surface area contributed by atoms with E-state index in [0.717, 1.165) is 128 Å². The molecule has 0 aromatic rings. The first-order valence-electron chi connectivity index (χ1n) is 38.9. The summed E-state index contributed by atoms with van der Waals surface area (Å²) in [6.45, 7) is 21.5. The van der Waals surface area contributed by atoms with Gasteiger partial charge in [0.25, 0.3) is 0 Å². The van der Waals surface area contributed by atoms with Gasteiger partial charge in [-0.15, -0.1) is 0 Å². The lowest BCUT2D eigenvalue weighted by Gasteiger charge is -2.44. The lowest BCUT2D eigenvalue weighted by Crippen LogP contribution is -2.57. The Morgan fingerprint density at radius 1 is 0.341 bits per heavy atom. The maximum Gasteiger partial charge on any atom is 0.188 e. The molecule has 12 heteroatoms. The summed E-state index contributed by atoms with van der Waals surface area (Å²) in [6.07, 6.45) is 58.1. The lowest BCUT2D eigenvalue weighted by molar-refractivity contribution is -0.111. The minimum absolute atomic E-state index is 0.272. The summed E-state index contributed by atoms with van der Waals surface area (Å²) in [5.41, 5.74) is 0. The summed E-state index contributed by atoms with van der Waals surface area (Å²) in [4.78, 5) is 36.0. The Morgan fingerprint density at radius 2 is 0.557 bits per heavy atom. The highest BCUT2D eigenvalue weighted by Gasteiger charge is 2.29. The van der Waals surface area contributed by atoms with Gasteiger partial charge in [-0.1, -0.05) is 308 Å². The van der Waals surface area contributed by atoms with E-state index >= 15 is 0 Å². The molecule has 0 aliphatic carbocycles. The van der Waals surface area contributed by atoms with Crippen LogP contribution in [0.5, 0.6) is 0 Å². The molecule has 0 radical (unpaired) electrons. The number of thioether (sulfide) groups is 2. The molecular formula is C76H152N4O6S2. The summed E-state index contributed by atoms with van der Waals surface area (Å²) in [5, 5.41) is 45.1. The van der Waals surface area contributed by atoms with E-state index in [1.165, 1.54) is 255 Å². The first-order valence-corrected chi connectivity index (χ1v) is 40.8. The molecule has 524 valence electrons. The normalized spacial score (nSPS) is 16.5. The lowest BCUT2D eigenvalue weighted by atomic mass is 10.0. The van der Waals surface area contributed by atoms with Crippen LogP contribution in [-0.2, 0) is 9.59 Å². The molecule has 1 heterocycles. The maximum atomic E-state index is 13.2. The number of carbonyl (C=O) groups excluding carboxylic acids is 2. The fraction of sp³-hybridized carbons (Fsp3) is 0.974. The van der Waals surface area contributed by atoms with Crippen LogP contribution < -0.4 is 0 Å². The molecule has 1 rings (SSSR count). The van der Waals surface area contributed by atoms with Gasteiger partial charge in [-0.05, 0) is 78.3 Å². The van der Waals surface area contributed by atoms with Gasteiger partial charge in [-0.3, -0.25) is 29.2 Å². The highest BCUT2D eigenvalue weighted by molar-refractivity contribution is 8.13. The Bertz CT molecular complexity index is 1320. The van der Waals surface area contributed by atoms with Crippen molar-refractivity contribution in [1.29, 1.82) is 0 Å². The second-order valence-corrected chi connectivity index (χ2v) is 30.4. The summed E-state index contributed by atoms with van der Waals surface area (Å²) < 4.78 is 0. The van der Waals surface area contributed by atoms with Crippen molar-refractivity contribution in [3.63, 3.8) is 0 Å². The number of nitrogens with zero attached hydrogens (tertiary/aromatic N) is 4. The molecule has 4 N–H and O–H groups in total. The number of piperazine rings is 1. The Morgan fingerprint density at radius 3 is 0.784 bits per heavy atom. The van der Waals surface area contributed by atoms with Gasteiger partial charge in [0.15, 0.2) is 10.2 Å². The number of hydrogen-bond acceptors (Lipinski definition) is 12. The molecular weight excluding hydrogens is 1130 g/mol. The Labute approximate surface area is 556 Å². The summed E-state index contributed by atoms with van der Waals surface area (Å²) >= 11 is 2.97. The topological polar surface area (TPSA) is 128 Å². The molecule has 0 saturated carbocycles. The van der Waals surface area contributed by atoms with Crippen LogP contribution in [-0.4, -0.2) is 164 Å². The van der Waals surface area contributed by atoms with Crippen molar-refractivity contribution in [2.75, 3.05) is 77.0 Å². The molecule has 1 aliphatic rings. The quantitative estimate of drug-likeness (QED) is 0.0433. The van der Waals surface area contributed by atoms with Crippen LogP contribution in [0.25, 0.3) is 0 Å². The first kappa shape index (κ1) is 85.7. The molecule has 1 saturated heterocycles. The number of unbranched alkanes of at least 4 members (excludes halogenated alkanes) is 38. The predicted octanol–water partition coefficient (Wildman–Crippen LogP) is 19.5. The van der Waals surface area contributed by atoms with Gasteiger partial charge >= 0.3 is 0 Å². The second-order valence-electron chi connectivity index (χ2n) is 28.1. The van der Waals surface area contributed by atoms with Crippen LogP contribution in [0.4, 0.5) is 0 Å². The second kappa shape index (κ2) is 64.1. The largest absolute Gasteiger partial charge is 0.392 e. The van der Waals surface area contributed by atoms with E-state index in [1.54, 1.807) is 0 Å². The average molecular weight is 1280 g/mol. The highest BCUT2D eigenvalue weighted by atomic mass is 32.2. The monoisotopic (exact) mass is 1280 g/mol. The third-order valence-corrected chi connectivity index (χ3v) is 21.0. The summed E-state index contributed by atoms with van der Waals surface area (Å²) in [7, 11) is 0. The number of carbonyl (C=O) groups is 2. The van der Waals surface area contributed by atoms with Gasteiger partial charge in [0.2, 0.25) is 0 Å². The van der Waals surface area contributed by atoms with Crippen LogP contribution in [0.15, 0.2) is 0 Å². The standard InChI is InChI=1S/C76H152N4O6S2/c1-7-11-15-19-23-27-31-35-39-43-51-71(81)65-77(66-72(82)52-44-40-36-32-28-24-20-16-12-8-2)57-49-47-55-75(85)87-61-59-79-63-70(6)80(64-69(79)5)60-62-88-76(86)56-48-50-58-78(67-73(83)53-45-41-37-33-29-25-21-17-13-9-3)68-74(84)54-46-42-38-34-30-26-22-18-14-10-4/h69-74,81-84H,7-68H2,1-6H3. The van der Waals surface area contributed by atoms with Gasteiger partial charge in [0.1, 0.15) is 0 Å². The van der Waals surface area contributed by atoms with Crippen molar-refractivity contribution >= 4 is 33.8 Å². The SMILES string of the molecule is CCCCCCCCCCCCC(O)CN(CCCCC(=O)SCCN1CC(C)N(CCSC(=O)CCCCN(CC(O)CCCCCCCCCCCC)CC(O)CCCCCCCCCCCC)CC1C)CC(O)CCCCCCCCCCCC. The molecule has 0 bridgehead atoms. The van der Waals surface area contributed by atoms with E-state index in [2.05, 4.69) is 61.1 Å². The fourth-order valence-corrected chi connectivity index (χ4v) is 15.0. The van der Waals surface area contributed by atoms with Crippen LogP contribution in [0.2, 0.25) is 0 Å². The van der Waals surface area contributed by atoms with E-state index in [4.69, 9.17) is 0 Å². The van der Waals surface area contributed by atoms with Gasteiger partial charge in [-0.2, -0.15) is 0 Å². The zero-order valence-corrected chi connectivity index (χ0v) is 61.1. The zero-order valence-electron chi connectivity index (χ0n) is 59.5. The highest BCUT2D eigenvalue weighted by Crippen LogP contribution is 2.22. The van der Waals surface area contributed by atoms with Crippen LogP contribution in [0, 0.1) is 0 Å². The maximum absolute atomic E-state index is 13.2. The Kier molecular flexibility index (Phi) is 62.4. The third kappa shape index (κ3) is 55.0. The van der Waals surface area contributed by atoms with Crippen molar-refractivity contribution in [1.82, 2.24) is 19.6 Å². The molecule has 6 unspecified atom stereocenters.